The van der Waals surface area contributed by atoms with Gasteiger partial charge in [0.1, 0.15) is 0 Å². The second-order valence-electron chi connectivity index (χ2n) is 7.37. The first-order valence-electron chi connectivity index (χ1n) is 9.41. The number of rotatable bonds is 3. The molecular weight excluding hydrogens is 330 g/mol. The minimum atomic E-state index is -0.241. The van der Waals surface area contributed by atoms with E-state index in [0.717, 1.165) is 30.4 Å². The van der Waals surface area contributed by atoms with Crippen molar-refractivity contribution in [2.75, 3.05) is 20.3 Å². The van der Waals surface area contributed by atoms with Crippen LogP contribution in [0, 0.1) is 12.8 Å². The number of hydrogen-bond donors (Lipinski definition) is 1. The van der Waals surface area contributed by atoms with Crippen LogP contribution in [-0.2, 0) is 10.2 Å². The topological polar surface area (TPSA) is 59.0 Å². The monoisotopic (exact) mass is 359 g/mol. The van der Waals surface area contributed by atoms with Gasteiger partial charge in [0.05, 0.1) is 13.7 Å². The third-order valence-corrected chi connectivity index (χ3v) is 6.19. The molecule has 0 aromatic heterocycles. The van der Waals surface area contributed by atoms with Crippen LogP contribution in [0.3, 0.4) is 0 Å². The first-order valence-corrected chi connectivity index (χ1v) is 9.41. The predicted octanol–water partition coefficient (Wildman–Crippen LogP) is 4.16. The van der Waals surface area contributed by atoms with Crippen LogP contribution in [0.4, 0.5) is 4.79 Å². The molecule has 5 heteroatoms. The summed E-state index contributed by atoms with van der Waals surface area (Å²) in [6, 6.07) is 3.87. The Bertz CT molecular complexity index is 714. The maximum Gasteiger partial charge on any atom is 0.409 e. The number of aromatic hydroxyl groups is 1. The minimum absolute atomic E-state index is 0.0396. The first kappa shape index (κ1) is 18.6. The molecule has 1 aliphatic carbocycles. The number of ether oxygens (including phenoxy) is 2. The second-order valence-corrected chi connectivity index (χ2v) is 7.37. The van der Waals surface area contributed by atoms with E-state index < -0.39 is 0 Å². The van der Waals surface area contributed by atoms with Gasteiger partial charge in [0.25, 0.3) is 0 Å². The van der Waals surface area contributed by atoms with Crippen molar-refractivity contribution in [3.63, 3.8) is 0 Å². The maximum absolute atomic E-state index is 12.4. The number of allylic oxidation sites excluding steroid dienone is 2. The standard InChI is InChI=1S/C21H29NO4/c1-5-26-20(24)22-13-12-21(11-7-6-8-16(21)15(22)3)18-14(2)9-10-17(25-4)19(18)23/h6-7,9-10,15-16,23H,5,8,11-13H2,1-4H3. The fourth-order valence-electron chi connectivity index (χ4n) is 4.94. The van der Waals surface area contributed by atoms with Gasteiger partial charge in [-0.3, -0.25) is 0 Å². The van der Waals surface area contributed by atoms with Gasteiger partial charge in [-0.25, -0.2) is 4.79 Å². The fourth-order valence-corrected chi connectivity index (χ4v) is 4.94. The lowest BCUT2D eigenvalue weighted by Gasteiger charge is -2.53. The summed E-state index contributed by atoms with van der Waals surface area (Å²) in [6.07, 6.45) is 6.71. The van der Waals surface area contributed by atoms with Gasteiger partial charge in [-0.1, -0.05) is 18.2 Å². The van der Waals surface area contributed by atoms with E-state index >= 15 is 0 Å². The number of piperidine rings is 1. The zero-order chi connectivity index (χ0) is 18.9. The number of benzene rings is 1. The van der Waals surface area contributed by atoms with E-state index in [1.165, 1.54) is 0 Å². The molecule has 142 valence electrons. The Morgan fingerprint density at radius 2 is 2.15 bits per heavy atom. The molecule has 1 N–H and O–H groups in total. The zero-order valence-electron chi connectivity index (χ0n) is 16.1. The van der Waals surface area contributed by atoms with Gasteiger partial charge in [0.15, 0.2) is 11.5 Å². The molecule has 0 spiro atoms. The van der Waals surface area contributed by atoms with Crippen molar-refractivity contribution in [2.45, 2.75) is 51.5 Å². The molecule has 2 aliphatic rings. The van der Waals surface area contributed by atoms with Crippen LogP contribution < -0.4 is 4.74 Å². The van der Waals surface area contributed by atoms with Crippen LogP contribution in [0.25, 0.3) is 0 Å². The average molecular weight is 359 g/mol. The van der Waals surface area contributed by atoms with Crippen molar-refractivity contribution in [3.05, 3.63) is 35.4 Å². The van der Waals surface area contributed by atoms with Crippen LogP contribution in [0.1, 0.15) is 44.2 Å². The number of carbonyl (C=O) groups is 1. The Balaban J connectivity index is 2.06. The fraction of sp³-hybridized carbons (Fsp3) is 0.571. The molecule has 1 aromatic carbocycles. The number of methoxy groups -OCH3 is 1. The number of hydrogen-bond acceptors (Lipinski definition) is 4. The van der Waals surface area contributed by atoms with E-state index in [2.05, 4.69) is 19.1 Å². The van der Waals surface area contributed by atoms with Crippen molar-refractivity contribution in [3.8, 4) is 11.5 Å². The van der Waals surface area contributed by atoms with Crippen molar-refractivity contribution >= 4 is 6.09 Å². The summed E-state index contributed by atoms with van der Waals surface area (Å²) in [7, 11) is 1.58. The quantitative estimate of drug-likeness (QED) is 0.823. The highest BCUT2D eigenvalue weighted by Gasteiger charge is 2.51. The van der Waals surface area contributed by atoms with Crippen molar-refractivity contribution in [2.24, 2.45) is 5.92 Å². The molecule has 0 bridgehead atoms. The van der Waals surface area contributed by atoms with Crippen molar-refractivity contribution in [1.29, 1.82) is 0 Å². The number of phenols is 1. The summed E-state index contributed by atoms with van der Waals surface area (Å²) in [5.74, 6) is 0.973. The molecule has 1 heterocycles. The Kier molecular flexibility index (Phi) is 5.17. The highest BCUT2D eigenvalue weighted by atomic mass is 16.6. The lowest BCUT2D eigenvalue weighted by Crippen LogP contribution is -2.57. The molecule has 3 atom stereocenters. The molecule has 0 radical (unpaired) electrons. The first-order chi connectivity index (χ1) is 12.5. The molecule has 1 fully saturated rings. The summed E-state index contributed by atoms with van der Waals surface area (Å²) in [5.41, 5.74) is 1.85. The third-order valence-electron chi connectivity index (χ3n) is 6.19. The van der Waals surface area contributed by atoms with Crippen LogP contribution >= 0.6 is 0 Å². The van der Waals surface area contributed by atoms with Crippen molar-refractivity contribution < 1.29 is 19.4 Å². The normalized spacial score (nSPS) is 27.8. The lowest BCUT2D eigenvalue weighted by atomic mass is 9.57. The van der Waals surface area contributed by atoms with E-state index in [-0.39, 0.29) is 29.2 Å². The summed E-state index contributed by atoms with van der Waals surface area (Å²) in [5, 5.41) is 10.9. The molecular formula is C21H29NO4. The smallest absolute Gasteiger partial charge is 0.409 e. The molecule has 0 saturated carbocycles. The van der Waals surface area contributed by atoms with Crippen LogP contribution in [0.5, 0.6) is 11.5 Å². The Morgan fingerprint density at radius 1 is 1.38 bits per heavy atom. The predicted molar refractivity (Wildman–Crippen MR) is 101 cm³/mol. The van der Waals surface area contributed by atoms with Gasteiger partial charge in [-0.05, 0) is 57.6 Å². The van der Waals surface area contributed by atoms with Gasteiger partial charge in [0, 0.05) is 23.6 Å². The highest BCUT2D eigenvalue weighted by molar-refractivity contribution is 5.68. The van der Waals surface area contributed by atoms with Gasteiger partial charge in [-0.2, -0.15) is 0 Å². The lowest BCUT2D eigenvalue weighted by molar-refractivity contribution is 0.0219. The minimum Gasteiger partial charge on any atom is -0.504 e. The number of phenolic OH excluding ortho intramolecular Hbond substituents is 1. The summed E-state index contributed by atoms with van der Waals surface area (Å²) < 4.78 is 10.6. The van der Waals surface area contributed by atoms with Crippen molar-refractivity contribution in [1.82, 2.24) is 4.90 Å². The molecule has 3 unspecified atom stereocenters. The Morgan fingerprint density at radius 3 is 2.85 bits per heavy atom. The van der Waals surface area contributed by atoms with Gasteiger partial charge in [0.2, 0.25) is 0 Å². The molecule has 1 aliphatic heterocycles. The summed E-state index contributed by atoms with van der Waals surface area (Å²) >= 11 is 0. The molecule has 5 nitrogen and oxygen atoms in total. The van der Waals surface area contributed by atoms with E-state index in [0.29, 0.717) is 18.9 Å². The maximum atomic E-state index is 12.4. The molecule has 26 heavy (non-hydrogen) atoms. The molecule has 1 saturated heterocycles. The number of amides is 1. The van der Waals surface area contributed by atoms with Crippen LogP contribution in [0.15, 0.2) is 24.3 Å². The number of carbonyl (C=O) groups excluding carboxylic acids is 1. The van der Waals surface area contributed by atoms with E-state index in [1.54, 1.807) is 7.11 Å². The third kappa shape index (κ3) is 2.83. The van der Waals surface area contributed by atoms with Gasteiger partial charge >= 0.3 is 6.09 Å². The zero-order valence-corrected chi connectivity index (χ0v) is 16.1. The number of fused-ring (bicyclic) bond motifs is 1. The van der Waals surface area contributed by atoms with E-state index in [1.807, 2.05) is 30.9 Å². The van der Waals surface area contributed by atoms with E-state index in [4.69, 9.17) is 9.47 Å². The Labute approximate surface area is 155 Å². The average Bonchev–Trinajstić information content (AvgIpc) is 2.62. The van der Waals surface area contributed by atoms with Crippen LogP contribution in [0.2, 0.25) is 0 Å². The molecule has 3 rings (SSSR count). The second kappa shape index (κ2) is 7.22. The molecule has 1 amide bonds. The number of nitrogens with zero attached hydrogens (tertiary/aromatic N) is 1. The highest BCUT2D eigenvalue weighted by Crippen LogP contribution is 2.54. The van der Waals surface area contributed by atoms with Gasteiger partial charge in [-0.15, -0.1) is 0 Å². The Hall–Kier alpha value is -2.17. The number of likely N-dealkylation sites (tertiary alicyclic amines) is 1. The largest absolute Gasteiger partial charge is 0.504 e. The molecule has 1 aromatic rings. The van der Waals surface area contributed by atoms with E-state index in [9.17, 15) is 9.90 Å². The van der Waals surface area contributed by atoms with Crippen LogP contribution in [-0.4, -0.2) is 42.4 Å². The summed E-state index contributed by atoms with van der Waals surface area (Å²) in [6.45, 7) is 6.98. The SMILES string of the molecule is CCOC(=O)N1CCC2(c3c(C)ccc(OC)c3O)CC=CCC2C1C. The summed E-state index contributed by atoms with van der Waals surface area (Å²) in [4.78, 5) is 14.2. The van der Waals surface area contributed by atoms with Gasteiger partial charge < -0.3 is 19.5 Å². The number of aryl methyl sites for hydroxylation is 1.